The van der Waals surface area contributed by atoms with E-state index in [9.17, 15) is 4.79 Å². The van der Waals surface area contributed by atoms with E-state index in [0.29, 0.717) is 49.1 Å². The van der Waals surface area contributed by atoms with Gasteiger partial charge in [0.25, 0.3) is 0 Å². The van der Waals surface area contributed by atoms with Crippen LogP contribution < -0.4 is 18.9 Å². The highest BCUT2D eigenvalue weighted by Crippen LogP contribution is 2.30. The molecule has 0 unspecified atom stereocenters. The fraction of sp³-hybridized carbons (Fsp3) is 0.296. The summed E-state index contributed by atoms with van der Waals surface area (Å²) in [6, 6.07) is 21.4. The Kier molecular flexibility index (Phi) is 9.47. The molecule has 0 spiro atoms. The third-order valence-electron chi connectivity index (χ3n) is 5.42. The van der Waals surface area contributed by atoms with E-state index in [1.165, 1.54) is 0 Å². The minimum atomic E-state index is -0.134. The van der Waals surface area contributed by atoms with Crippen LogP contribution >= 0.6 is 11.6 Å². The Morgan fingerprint density at radius 2 is 1.38 bits per heavy atom. The Hall–Kier alpha value is -3.38. The van der Waals surface area contributed by atoms with Crippen LogP contribution in [0.15, 0.2) is 66.7 Å². The van der Waals surface area contributed by atoms with Crippen molar-refractivity contribution in [1.29, 1.82) is 0 Å². The second-order valence-electron chi connectivity index (χ2n) is 7.65. The van der Waals surface area contributed by atoms with Gasteiger partial charge in [-0.05, 0) is 47.4 Å². The Morgan fingerprint density at radius 1 is 0.765 bits per heavy atom. The largest absolute Gasteiger partial charge is 0.493 e. The highest BCUT2D eigenvalue weighted by atomic mass is 35.5. The number of benzene rings is 3. The van der Waals surface area contributed by atoms with E-state index in [1.807, 2.05) is 66.7 Å². The maximum Gasteiger partial charge on any atom is 0.237 e. The van der Waals surface area contributed by atoms with Gasteiger partial charge in [0.1, 0.15) is 12.5 Å². The molecule has 0 aliphatic heterocycles. The SMILES string of the molecule is COc1ccc(CCN(Cc2ccc(OCc3ccccc3)c(OC)c2)C(=O)CCl)cc1OC. The number of carbonyl (C=O) groups excluding carboxylic acids is 1. The van der Waals surface area contributed by atoms with Gasteiger partial charge in [0.15, 0.2) is 23.0 Å². The van der Waals surface area contributed by atoms with Crippen LogP contribution in [0.5, 0.6) is 23.0 Å². The number of hydrogen-bond donors (Lipinski definition) is 0. The van der Waals surface area contributed by atoms with Gasteiger partial charge in [-0.15, -0.1) is 11.6 Å². The molecule has 3 aromatic carbocycles. The molecule has 0 aliphatic carbocycles. The second kappa shape index (κ2) is 12.8. The van der Waals surface area contributed by atoms with Crippen molar-refractivity contribution in [2.75, 3.05) is 33.8 Å². The maximum atomic E-state index is 12.5. The minimum Gasteiger partial charge on any atom is -0.493 e. The first-order valence-electron chi connectivity index (χ1n) is 11.0. The van der Waals surface area contributed by atoms with Crippen LogP contribution in [-0.4, -0.2) is 44.6 Å². The maximum absolute atomic E-state index is 12.5. The number of alkyl halides is 1. The molecular formula is C27H30ClNO5. The first-order chi connectivity index (χ1) is 16.6. The second-order valence-corrected chi connectivity index (χ2v) is 7.92. The number of carbonyl (C=O) groups is 1. The molecule has 34 heavy (non-hydrogen) atoms. The molecule has 7 heteroatoms. The number of nitrogens with zero attached hydrogens (tertiary/aromatic N) is 1. The van der Waals surface area contributed by atoms with Gasteiger partial charge in [0.05, 0.1) is 21.3 Å². The number of rotatable bonds is 12. The number of methoxy groups -OCH3 is 3. The molecule has 0 atom stereocenters. The molecule has 0 aromatic heterocycles. The Bertz CT molecular complexity index is 1070. The minimum absolute atomic E-state index is 0.0820. The Balaban J connectivity index is 1.68. The van der Waals surface area contributed by atoms with Crippen molar-refractivity contribution in [3.05, 3.63) is 83.4 Å². The molecule has 0 saturated heterocycles. The normalized spacial score (nSPS) is 10.5. The molecule has 0 fully saturated rings. The molecule has 180 valence electrons. The quantitative estimate of drug-likeness (QED) is 0.335. The van der Waals surface area contributed by atoms with Crippen molar-refractivity contribution in [3.8, 4) is 23.0 Å². The van der Waals surface area contributed by atoms with Crippen LogP contribution in [0.25, 0.3) is 0 Å². The fourth-order valence-corrected chi connectivity index (χ4v) is 3.73. The third-order valence-corrected chi connectivity index (χ3v) is 5.65. The van der Waals surface area contributed by atoms with Crippen molar-refractivity contribution in [1.82, 2.24) is 4.90 Å². The lowest BCUT2D eigenvalue weighted by Gasteiger charge is -2.23. The fourth-order valence-electron chi connectivity index (χ4n) is 3.56. The zero-order valence-electron chi connectivity index (χ0n) is 19.8. The van der Waals surface area contributed by atoms with Crippen LogP contribution in [0.1, 0.15) is 16.7 Å². The van der Waals surface area contributed by atoms with Crippen LogP contribution in [0.3, 0.4) is 0 Å². The predicted octanol–water partition coefficient (Wildman–Crippen LogP) is 5.10. The standard InChI is InChI=1S/C27H30ClNO5/c1-31-23-11-9-20(15-25(23)32-2)13-14-29(27(30)17-28)18-22-10-12-24(26(16-22)33-3)34-19-21-7-5-4-6-8-21/h4-12,15-16H,13-14,17-19H2,1-3H3. The molecule has 0 aliphatic rings. The van der Waals surface area contributed by atoms with Gasteiger partial charge in [-0.1, -0.05) is 42.5 Å². The third kappa shape index (κ3) is 6.81. The van der Waals surface area contributed by atoms with Crippen molar-refractivity contribution in [2.24, 2.45) is 0 Å². The van der Waals surface area contributed by atoms with Gasteiger partial charge in [-0.25, -0.2) is 0 Å². The molecular weight excluding hydrogens is 454 g/mol. The van der Waals surface area contributed by atoms with E-state index in [2.05, 4.69) is 0 Å². The zero-order valence-corrected chi connectivity index (χ0v) is 20.5. The molecule has 0 radical (unpaired) electrons. The molecule has 3 aromatic rings. The molecule has 0 heterocycles. The monoisotopic (exact) mass is 483 g/mol. The predicted molar refractivity (Wildman–Crippen MR) is 133 cm³/mol. The number of ether oxygens (including phenoxy) is 4. The van der Waals surface area contributed by atoms with E-state index in [4.69, 9.17) is 30.5 Å². The average molecular weight is 484 g/mol. The van der Waals surface area contributed by atoms with E-state index >= 15 is 0 Å². The van der Waals surface area contributed by atoms with Gasteiger partial charge in [0.2, 0.25) is 5.91 Å². The number of halogens is 1. The summed E-state index contributed by atoms with van der Waals surface area (Å²) >= 11 is 5.89. The van der Waals surface area contributed by atoms with Gasteiger partial charge in [0, 0.05) is 13.1 Å². The summed E-state index contributed by atoms with van der Waals surface area (Å²) < 4.78 is 22.2. The van der Waals surface area contributed by atoms with Crippen LogP contribution in [0.4, 0.5) is 0 Å². The number of amides is 1. The van der Waals surface area contributed by atoms with E-state index in [0.717, 1.165) is 16.7 Å². The summed E-state index contributed by atoms with van der Waals surface area (Å²) in [5.74, 6) is 2.38. The highest BCUT2D eigenvalue weighted by Gasteiger charge is 2.16. The summed E-state index contributed by atoms with van der Waals surface area (Å²) in [5.41, 5.74) is 3.03. The first kappa shape index (κ1) is 25.2. The summed E-state index contributed by atoms with van der Waals surface area (Å²) in [6.45, 7) is 1.36. The lowest BCUT2D eigenvalue weighted by atomic mass is 10.1. The highest BCUT2D eigenvalue weighted by molar-refractivity contribution is 6.27. The Morgan fingerprint density at radius 3 is 2.06 bits per heavy atom. The molecule has 0 bridgehead atoms. The number of hydrogen-bond acceptors (Lipinski definition) is 5. The van der Waals surface area contributed by atoms with Gasteiger partial charge in [-0.2, -0.15) is 0 Å². The van der Waals surface area contributed by atoms with E-state index in [1.54, 1.807) is 26.2 Å². The Labute approximate surface area is 206 Å². The van der Waals surface area contributed by atoms with Crippen molar-refractivity contribution >= 4 is 17.5 Å². The van der Waals surface area contributed by atoms with Crippen LogP contribution in [-0.2, 0) is 24.4 Å². The first-order valence-corrected chi connectivity index (χ1v) is 11.5. The van der Waals surface area contributed by atoms with Crippen molar-refractivity contribution < 1.29 is 23.7 Å². The van der Waals surface area contributed by atoms with Crippen molar-refractivity contribution in [3.63, 3.8) is 0 Å². The lowest BCUT2D eigenvalue weighted by Crippen LogP contribution is -2.33. The summed E-state index contributed by atoms with van der Waals surface area (Å²) in [7, 11) is 4.81. The molecule has 3 rings (SSSR count). The smallest absolute Gasteiger partial charge is 0.237 e. The zero-order chi connectivity index (χ0) is 24.3. The van der Waals surface area contributed by atoms with Crippen molar-refractivity contribution in [2.45, 2.75) is 19.6 Å². The van der Waals surface area contributed by atoms with Crippen LogP contribution in [0, 0.1) is 0 Å². The molecule has 6 nitrogen and oxygen atoms in total. The van der Waals surface area contributed by atoms with Crippen LogP contribution in [0.2, 0.25) is 0 Å². The average Bonchev–Trinajstić information content (AvgIpc) is 2.89. The van der Waals surface area contributed by atoms with Gasteiger partial charge < -0.3 is 23.8 Å². The summed E-state index contributed by atoms with van der Waals surface area (Å²) in [5, 5.41) is 0. The van der Waals surface area contributed by atoms with E-state index < -0.39 is 0 Å². The summed E-state index contributed by atoms with van der Waals surface area (Å²) in [6.07, 6.45) is 0.651. The van der Waals surface area contributed by atoms with Gasteiger partial charge >= 0.3 is 0 Å². The molecule has 0 saturated carbocycles. The molecule has 1 amide bonds. The molecule has 0 N–H and O–H groups in total. The topological polar surface area (TPSA) is 57.2 Å². The van der Waals surface area contributed by atoms with E-state index in [-0.39, 0.29) is 11.8 Å². The lowest BCUT2D eigenvalue weighted by molar-refractivity contribution is -0.129. The summed E-state index contributed by atoms with van der Waals surface area (Å²) in [4.78, 5) is 14.3. The van der Waals surface area contributed by atoms with Gasteiger partial charge in [-0.3, -0.25) is 4.79 Å².